The van der Waals surface area contributed by atoms with Crippen LogP contribution in [0, 0.1) is 46.3 Å². The molecule has 0 radical (unpaired) electrons. The van der Waals surface area contributed by atoms with Crippen LogP contribution in [0.5, 0.6) is 0 Å². The molecule has 4 atom stereocenters. The standard InChI is InChI=1S/C63H47N3/c64-30-41-28-53-60(57-39-22-32-16-33(23-39)19-37(18-32)55(41)57)47-26-36(27-48-61-54(66(53)62(47)48)29-42(31-65)56-38-20-34-17-35(21-38)25-40(24-34)58(56)61)43-11-7-15-52-59(43)46-10-3-6-14-51(46)63(52)49-12-4-1-8-44(49)45-9-2-5-13-50(45)63/h1-15,26-29,32-35,37-40H,16-25H2. The van der Waals surface area contributed by atoms with Gasteiger partial charge in [0.15, 0.2) is 0 Å². The number of aromatic nitrogens is 1. The van der Waals surface area contributed by atoms with Gasteiger partial charge in [-0.2, -0.15) is 10.5 Å². The molecule has 8 bridgehead atoms. The van der Waals surface area contributed by atoms with Gasteiger partial charge in [-0.25, -0.2) is 0 Å². The van der Waals surface area contributed by atoms with Crippen molar-refractivity contribution in [2.45, 2.75) is 93.3 Å². The zero-order valence-electron chi connectivity index (χ0n) is 37.0. The SMILES string of the molecule is N#Cc1cc2c(c3c1C1CC4CC(C1)CC3C4)c1cc(-c3cccc4c3-c3ccccc3C43c4ccccc4-c4ccccc43)cc3c4c5c(c(C#N)cc4n2c13)C1CC2CC(C1)CC5C2. The first kappa shape index (κ1) is 35.6. The Morgan fingerprint density at radius 2 is 0.833 bits per heavy atom. The second-order valence-corrected chi connectivity index (χ2v) is 22.5. The Morgan fingerprint density at radius 1 is 0.424 bits per heavy atom. The molecular weight excluding hydrogens is 799 g/mol. The van der Waals surface area contributed by atoms with Crippen molar-refractivity contribution in [2.24, 2.45) is 23.7 Å². The summed E-state index contributed by atoms with van der Waals surface area (Å²) >= 11 is 0. The molecule has 9 aromatic rings. The molecule has 0 saturated heterocycles. The molecule has 0 aliphatic heterocycles. The van der Waals surface area contributed by atoms with Crippen LogP contribution in [0.3, 0.4) is 0 Å². The number of nitrogens with zero attached hydrogens (tertiary/aromatic N) is 3. The molecule has 4 saturated carbocycles. The summed E-state index contributed by atoms with van der Waals surface area (Å²) in [5, 5.41) is 27.8. The van der Waals surface area contributed by atoms with Gasteiger partial charge in [0, 0.05) is 21.5 Å². The van der Waals surface area contributed by atoms with Crippen LogP contribution in [-0.2, 0) is 5.41 Å². The number of hydrogen-bond donors (Lipinski definition) is 0. The largest absolute Gasteiger partial charge is 0.308 e. The van der Waals surface area contributed by atoms with Gasteiger partial charge >= 0.3 is 0 Å². The lowest BCUT2D eigenvalue weighted by molar-refractivity contribution is 0.166. The molecule has 7 aromatic carbocycles. The smallest absolute Gasteiger partial charge is 0.0995 e. The van der Waals surface area contributed by atoms with Crippen LogP contribution in [0.25, 0.3) is 71.5 Å². The average molecular weight is 846 g/mol. The molecule has 4 unspecified atom stereocenters. The van der Waals surface area contributed by atoms with Crippen LogP contribution in [0.1, 0.15) is 144 Å². The highest BCUT2D eigenvalue weighted by Crippen LogP contribution is 2.66. The summed E-state index contributed by atoms with van der Waals surface area (Å²) in [6.45, 7) is 0. The minimum Gasteiger partial charge on any atom is -0.308 e. The lowest BCUT2D eigenvalue weighted by Gasteiger charge is -2.38. The highest BCUT2D eigenvalue weighted by atomic mass is 14.9. The van der Waals surface area contributed by atoms with Crippen LogP contribution in [0.4, 0.5) is 0 Å². The number of nitriles is 2. The van der Waals surface area contributed by atoms with Gasteiger partial charge in [-0.1, -0.05) is 91.0 Å². The molecule has 314 valence electrons. The Hall–Kier alpha value is -6.68. The van der Waals surface area contributed by atoms with Gasteiger partial charge in [-0.05, 0) is 214 Å². The second-order valence-electron chi connectivity index (χ2n) is 22.5. The summed E-state index contributed by atoms with van der Waals surface area (Å²) < 4.78 is 2.57. The van der Waals surface area contributed by atoms with E-state index in [1.54, 1.807) is 0 Å². The molecular formula is C63H47N3. The van der Waals surface area contributed by atoms with Crippen molar-refractivity contribution >= 4 is 38.1 Å². The van der Waals surface area contributed by atoms with Crippen LogP contribution < -0.4 is 0 Å². The first-order valence-electron chi connectivity index (χ1n) is 25.2. The molecule has 66 heavy (non-hydrogen) atoms. The van der Waals surface area contributed by atoms with Gasteiger partial charge in [-0.3, -0.25) is 0 Å². The van der Waals surface area contributed by atoms with Crippen LogP contribution in [0.15, 0.2) is 115 Å². The van der Waals surface area contributed by atoms with E-state index in [0.29, 0.717) is 23.7 Å². The highest BCUT2D eigenvalue weighted by Gasteiger charge is 2.52. The quantitative estimate of drug-likeness (QED) is 0.165. The van der Waals surface area contributed by atoms with Crippen molar-refractivity contribution in [2.75, 3.05) is 0 Å². The Bertz CT molecular complexity index is 3610. The van der Waals surface area contributed by atoms with Crippen LogP contribution >= 0.6 is 0 Å². The maximum absolute atomic E-state index is 11.2. The molecule has 3 nitrogen and oxygen atoms in total. The van der Waals surface area contributed by atoms with E-state index in [2.05, 4.69) is 132 Å². The lowest BCUT2D eigenvalue weighted by Crippen LogP contribution is -2.25. The highest BCUT2D eigenvalue weighted by molar-refractivity contribution is 6.27. The molecule has 0 amide bonds. The fourth-order valence-electron chi connectivity index (χ4n) is 18.1. The summed E-state index contributed by atoms with van der Waals surface area (Å²) in [7, 11) is 0. The van der Waals surface area contributed by atoms with Gasteiger partial charge in [0.05, 0.1) is 45.2 Å². The third kappa shape index (κ3) is 4.03. The Morgan fingerprint density at radius 3 is 1.32 bits per heavy atom. The van der Waals surface area contributed by atoms with E-state index < -0.39 is 5.41 Å². The predicted molar refractivity (Wildman–Crippen MR) is 263 cm³/mol. The number of hydrogen-bond acceptors (Lipinski definition) is 2. The molecule has 2 heterocycles. The van der Waals surface area contributed by atoms with E-state index in [1.807, 2.05) is 0 Å². The molecule has 10 aliphatic rings. The maximum atomic E-state index is 11.2. The lowest BCUT2D eigenvalue weighted by atomic mass is 9.67. The maximum Gasteiger partial charge on any atom is 0.0995 e. The van der Waals surface area contributed by atoms with Gasteiger partial charge < -0.3 is 4.40 Å². The number of fused-ring (bicyclic) bond motifs is 16. The zero-order chi connectivity index (χ0) is 42.9. The molecule has 10 aliphatic carbocycles. The van der Waals surface area contributed by atoms with Crippen LogP contribution in [-0.4, -0.2) is 4.40 Å². The van der Waals surface area contributed by atoms with Crippen LogP contribution in [0.2, 0.25) is 0 Å². The van der Waals surface area contributed by atoms with Crippen molar-refractivity contribution in [3.8, 4) is 45.5 Å². The average Bonchev–Trinajstić information content (AvgIpc) is 3.97. The van der Waals surface area contributed by atoms with E-state index >= 15 is 0 Å². The molecule has 0 N–H and O–H groups in total. The minimum atomic E-state index is -0.411. The summed E-state index contributed by atoms with van der Waals surface area (Å²) in [4.78, 5) is 0. The monoisotopic (exact) mass is 845 g/mol. The second kappa shape index (κ2) is 12.0. The third-order valence-corrected chi connectivity index (χ3v) is 19.6. The molecule has 19 rings (SSSR count). The first-order valence-corrected chi connectivity index (χ1v) is 25.2. The summed E-state index contributed by atoms with van der Waals surface area (Å²) in [5.74, 6) is 4.86. The van der Waals surface area contributed by atoms with Crippen molar-refractivity contribution in [1.82, 2.24) is 4.40 Å². The molecule has 3 heteroatoms. The Labute approximate surface area is 384 Å². The zero-order valence-corrected chi connectivity index (χ0v) is 37.0. The van der Waals surface area contributed by atoms with Crippen molar-refractivity contribution in [3.63, 3.8) is 0 Å². The molecule has 2 aromatic heterocycles. The van der Waals surface area contributed by atoms with Gasteiger partial charge in [0.2, 0.25) is 0 Å². The predicted octanol–water partition coefficient (Wildman–Crippen LogP) is 15.4. The molecule has 1 spiro atoms. The molecule has 4 fully saturated rings. The number of benzene rings is 7. The van der Waals surface area contributed by atoms with Crippen molar-refractivity contribution < 1.29 is 0 Å². The third-order valence-electron chi connectivity index (χ3n) is 19.6. The summed E-state index contributed by atoms with van der Waals surface area (Å²) in [6.07, 6.45) is 12.6. The summed E-state index contributed by atoms with van der Waals surface area (Å²) in [5.41, 5.74) is 24.2. The summed E-state index contributed by atoms with van der Waals surface area (Å²) in [6, 6.07) is 50.2. The van der Waals surface area contributed by atoms with E-state index in [-0.39, 0.29) is 0 Å². The minimum absolute atomic E-state index is 0.411. The van der Waals surface area contributed by atoms with Gasteiger partial charge in [-0.15, -0.1) is 0 Å². The van der Waals surface area contributed by atoms with Gasteiger partial charge in [0.25, 0.3) is 0 Å². The van der Waals surface area contributed by atoms with Gasteiger partial charge in [0.1, 0.15) is 0 Å². The van der Waals surface area contributed by atoms with Crippen molar-refractivity contribution in [3.05, 3.63) is 171 Å². The Balaban J connectivity index is 1.04. The fraction of sp³-hybridized carbons (Fsp3) is 0.302. The van der Waals surface area contributed by atoms with E-state index in [1.165, 1.54) is 180 Å². The first-order chi connectivity index (χ1) is 32.6. The topological polar surface area (TPSA) is 52.0 Å². The van der Waals surface area contributed by atoms with Crippen molar-refractivity contribution in [1.29, 1.82) is 10.5 Å². The normalized spacial score (nSPS) is 27.2. The fourth-order valence-corrected chi connectivity index (χ4v) is 18.1. The Kier molecular flexibility index (Phi) is 6.47. The van der Waals surface area contributed by atoms with E-state index in [0.717, 1.165) is 34.8 Å². The van der Waals surface area contributed by atoms with E-state index in [4.69, 9.17) is 0 Å². The number of rotatable bonds is 1. The van der Waals surface area contributed by atoms with E-state index in [9.17, 15) is 10.5 Å².